The van der Waals surface area contributed by atoms with Crippen LogP contribution in [0.25, 0.3) is 0 Å². The molecule has 2 heterocycles. The molecule has 0 saturated carbocycles. The van der Waals surface area contributed by atoms with Crippen molar-refractivity contribution in [2.45, 2.75) is 65.2 Å². The van der Waals surface area contributed by atoms with Crippen molar-refractivity contribution in [3.05, 3.63) is 35.4 Å². The van der Waals surface area contributed by atoms with Gasteiger partial charge in [0.15, 0.2) is 5.89 Å². The minimum absolute atomic E-state index is 0.0578. The minimum Gasteiger partial charge on any atom is -0.445 e. The SMILES string of the molecule is Cc1ncc(C(C)(C)CCc2nocc2C(C)(C)C)o1. The van der Waals surface area contributed by atoms with E-state index in [1.165, 1.54) is 5.56 Å². The van der Waals surface area contributed by atoms with Crippen molar-refractivity contribution < 1.29 is 8.94 Å². The van der Waals surface area contributed by atoms with Crippen LogP contribution >= 0.6 is 0 Å². The Bertz CT molecular complexity index is 573. The van der Waals surface area contributed by atoms with Crippen LogP contribution in [0.4, 0.5) is 0 Å². The van der Waals surface area contributed by atoms with E-state index < -0.39 is 0 Å². The van der Waals surface area contributed by atoms with Crippen molar-refractivity contribution in [1.82, 2.24) is 10.1 Å². The fourth-order valence-corrected chi connectivity index (χ4v) is 2.28. The lowest BCUT2D eigenvalue weighted by molar-refractivity contribution is 0.348. The summed E-state index contributed by atoms with van der Waals surface area (Å²) in [6, 6.07) is 0. The van der Waals surface area contributed by atoms with Gasteiger partial charge >= 0.3 is 0 Å². The van der Waals surface area contributed by atoms with Gasteiger partial charge in [-0.25, -0.2) is 4.98 Å². The third kappa shape index (κ3) is 3.11. The molecule has 20 heavy (non-hydrogen) atoms. The van der Waals surface area contributed by atoms with Gasteiger partial charge in [0.1, 0.15) is 12.0 Å². The molecule has 0 aromatic carbocycles. The van der Waals surface area contributed by atoms with Gasteiger partial charge in [0.2, 0.25) is 0 Å². The third-order valence-electron chi connectivity index (χ3n) is 3.73. The average molecular weight is 276 g/mol. The molecule has 0 radical (unpaired) electrons. The molecule has 0 amide bonds. The molecule has 0 bridgehead atoms. The smallest absolute Gasteiger partial charge is 0.191 e. The van der Waals surface area contributed by atoms with Crippen molar-refractivity contribution in [2.24, 2.45) is 0 Å². The van der Waals surface area contributed by atoms with Crippen molar-refractivity contribution in [3.8, 4) is 0 Å². The molecular formula is C16H24N2O2. The number of hydrogen-bond donors (Lipinski definition) is 0. The van der Waals surface area contributed by atoms with E-state index >= 15 is 0 Å². The van der Waals surface area contributed by atoms with Crippen molar-refractivity contribution in [1.29, 1.82) is 0 Å². The molecule has 0 spiro atoms. The highest BCUT2D eigenvalue weighted by molar-refractivity contribution is 5.24. The maximum absolute atomic E-state index is 5.66. The summed E-state index contributed by atoms with van der Waals surface area (Å²) in [5, 5.41) is 4.16. The zero-order valence-corrected chi connectivity index (χ0v) is 13.3. The van der Waals surface area contributed by atoms with Gasteiger partial charge in [-0.05, 0) is 18.3 Å². The fourth-order valence-electron chi connectivity index (χ4n) is 2.28. The minimum atomic E-state index is -0.0602. The van der Waals surface area contributed by atoms with Crippen LogP contribution < -0.4 is 0 Å². The monoisotopic (exact) mass is 276 g/mol. The number of nitrogens with zero attached hydrogens (tertiary/aromatic N) is 2. The molecule has 0 N–H and O–H groups in total. The van der Waals surface area contributed by atoms with E-state index in [1.807, 2.05) is 13.1 Å². The molecule has 2 rings (SSSR count). The lowest BCUT2D eigenvalue weighted by atomic mass is 9.82. The largest absolute Gasteiger partial charge is 0.445 e. The molecule has 4 nitrogen and oxygen atoms in total. The predicted molar refractivity (Wildman–Crippen MR) is 77.8 cm³/mol. The highest BCUT2D eigenvalue weighted by Gasteiger charge is 2.27. The van der Waals surface area contributed by atoms with Gasteiger partial charge in [0.25, 0.3) is 0 Å². The van der Waals surface area contributed by atoms with E-state index in [0.717, 1.165) is 24.3 Å². The first-order valence-electron chi connectivity index (χ1n) is 7.07. The zero-order chi connectivity index (χ0) is 15.0. The molecule has 4 heteroatoms. The van der Waals surface area contributed by atoms with Gasteiger partial charge in [-0.1, -0.05) is 39.8 Å². The predicted octanol–water partition coefficient (Wildman–Crippen LogP) is 4.18. The highest BCUT2D eigenvalue weighted by atomic mass is 16.5. The quantitative estimate of drug-likeness (QED) is 0.840. The van der Waals surface area contributed by atoms with Crippen molar-refractivity contribution in [2.75, 3.05) is 0 Å². The van der Waals surface area contributed by atoms with Crippen LogP contribution in [0, 0.1) is 6.92 Å². The van der Waals surface area contributed by atoms with Crippen LogP contribution in [-0.2, 0) is 17.3 Å². The number of hydrogen-bond acceptors (Lipinski definition) is 4. The van der Waals surface area contributed by atoms with Crippen molar-refractivity contribution in [3.63, 3.8) is 0 Å². The summed E-state index contributed by atoms with van der Waals surface area (Å²) in [5.41, 5.74) is 2.22. The second-order valence-electron chi connectivity index (χ2n) is 7.05. The van der Waals surface area contributed by atoms with Gasteiger partial charge in [-0.15, -0.1) is 0 Å². The number of oxazole rings is 1. The molecular weight excluding hydrogens is 252 g/mol. The van der Waals surface area contributed by atoms with E-state index in [4.69, 9.17) is 8.94 Å². The topological polar surface area (TPSA) is 52.1 Å². The first-order chi connectivity index (χ1) is 9.20. The molecule has 0 aliphatic carbocycles. The van der Waals surface area contributed by atoms with Crippen LogP contribution in [0.3, 0.4) is 0 Å². The third-order valence-corrected chi connectivity index (χ3v) is 3.73. The van der Waals surface area contributed by atoms with E-state index in [9.17, 15) is 0 Å². The Hall–Kier alpha value is -1.58. The summed E-state index contributed by atoms with van der Waals surface area (Å²) >= 11 is 0. The summed E-state index contributed by atoms with van der Waals surface area (Å²) in [6.45, 7) is 12.7. The second kappa shape index (κ2) is 5.08. The Morgan fingerprint density at radius 1 is 1.15 bits per heavy atom. The number of rotatable bonds is 4. The molecule has 110 valence electrons. The Balaban J connectivity index is 2.11. The van der Waals surface area contributed by atoms with E-state index in [1.54, 1.807) is 6.26 Å². The number of aromatic nitrogens is 2. The fraction of sp³-hybridized carbons (Fsp3) is 0.625. The summed E-state index contributed by atoms with van der Waals surface area (Å²) in [6.07, 6.45) is 5.40. The Kier molecular flexibility index (Phi) is 3.76. The standard InChI is InChI=1S/C16H24N2O2/c1-11-17-9-14(20-11)16(5,6)8-7-13-12(10-19-18-13)15(2,3)4/h9-10H,7-8H2,1-6H3. The molecule has 0 atom stereocenters. The van der Waals surface area contributed by atoms with Gasteiger partial charge in [0, 0.05) is 17.9 Å². The molecule has 0 saturated heterocycles. The Labute approximate surface area is 120 Å². The summed E-state index contributed by atoms with van der Waals surface area (Å²) in [4.78, 5) is 4.18. The number of aryl methyl sites for hydroxylation is 2. The summed E-state index contributed by atoms with van der Waals surface area (Å²) in [5.74, 6) is 1.64. The van der Waals surface area contributed by atoms with E-state index in [0.29, 0.717) is 5.89 Å². The molecule has 0 fully saturated rings. The highest BCUT2D eigenvalue weighted by Crippen LogP contribution is 2.31. The molecule has 2 aromatic heterocycles. The second-order valence-corrected chi connectivity index (χ2v) is 7.05. The van der Waals surface area contributed by atoms with Crippen LogP contribution in [-0.4, -0.2) is 10.1 Å². The lowest BCUT2D eigenvalue weighted by Crippen LogP contribution is -2.19. The summed E-state index contributed by atoms with van der Waals surface area (Å²) in [7, 11) is 0. The molecule has 0 aliphatic rings. The van der Waals surface area contributed by atoms with Gasteiger partial charge in [-0.2, -0.15) is 0 Å². The van der Waals surface area contributed by atoms with Gasteiger partial charge < -0.3 is 8.94 Å². The van der Waals surface area contributed by atoms with Gasteiger partial charge in [-0.3, -0.25) is 0 Å². The molecule has 0 aliphatic heterocycles. The lowest BCUT2D eigenvalue weighted by Gasteiger charge is -2.22. The Morgan fingerprint density at radius 2 is 1.85 bits per heavy atom. The average Bonchev–Trinajstić information content (AvgIpc) is 2.93. The first kappa shape index (κ1) is 14.8. The van der Waals surface area contributed by atoms with Gasteiger partial charge in [0.05, 0.1) is 11.9 Å². The van der Waals surface area contributed by atoms with Crippen molar-refractivity contribution >= 4 is 0 Å². The van der Waals surface area contributed by atoms with E-state index in [2.05, 4.69) is 44.8 Å². The van der Waals surface area contributed by atoms with E-state index in [-0.39, 0.29) is 10.8 Å². The first-order valence-corrected chi connectivity index (χ1v) is 7.07. The van der Waals surface area contributed by atoms with Crippen LogP contribution in [0.5, 0.6) is 0 Å². The van der Waals surface area contributed by atoms with Crippen LogP contribution in [0.15, 0.2) is 21.4 Å². The Morgan fingerprint density at radius 3 is 2.40 bits per heavy atom. The normalized spacial score (nSPS) is 12.9. The molecule has 0 unspecified atom stereocenters. The van der Waals surface area contributed by atoms with Crippen LogP contribution in [0.1, 0.15) is 63.9 Å². The zero-order valence-electron chi connectivity index (χ0n) is 13.3. The van der Waals surface area contributed by atoms with Crippen LogP contribution in [0.2, 0.25) is 0 Å². The molecule has 2 aromatic rings. The maximum atomic E-state index is 5.66. The summed E-state index contributed by atoms with van der Waals surface area (Å²) < 4.78 is 10.8. The maximum Gasteiger partial charge on any atom is 0.191 e.